The summed E-state index contributed by atoms with van der Waals surface area (Å²) in [6, 6.07) is 2.57. The number of nitrogens with zero attached hydrogens (tertiary/aromatic N) is 3. The van der Waals surface area contributed by atoms with Crippen LogP contribution in [-0.4, -0.2) is 15.0 Å². The molecule has 3 aromatic rings. The van der Waals surface area contributed by atoms with E-state index in [2.05, 4.69) is 15.0 Å². The molecule has 0 amide bonds. The van der Waals surface area contributed by atoms with Crippen LogP contribution in [-0.2, 0) is 6.18 Å². The summed E-state index contributed by atoms with van der Waals surface area (Å²) < 4.78 is 43.8. The van der Waals surface area contributed by atoms with Gasteiger partial charge in [0, 0.05) is 11.5 Å². The van der Waals surface area contributed by atoms with Crippen molar-refractivity contribution >= 4 is 28.5 Å². The standard InChI is InChI=1S/C15H13F3N4OS/c1-7-6-23-11-5-20-10(3-9(7)11)8(2)24-14-21-12(15(16,17)18)4-13(19)22-14/h3-6,8H,1-2H3,(H2,19,21,22)/t8-/m1/s1. The number of halogens is 3. The summed E-state index contributed by atoms with van der Waals surface area (Å²) in [5.74, 6) is -0.221. The van der Waals surface area contributed by atoms with Gasteiger partial charge in [-0.3, -0.25) is 4.98 Å². The Hall–Kier alpha value is -2.29. The Morgan fingerprint density at radius 1 is 1.25 bits per heavy atom. The molecule has 9 heteroatoms. The molecule has 126 valence electrons. The summed E-state index contributed by atoms with van der Waals surface area (Å²) in [6.45, 7) is 3.72. The van der Waals surface area contributed by atoms with E-state index < -0.39 is 11.9 Å². The fourth-order valence-electron chi connectivity index (χ4n) is 2.16. The zero-order valence-corrected chi connectivity index (χ0v) is 13.6. The Morgan fingerprint density at radius 2 is 2.00 bits per heavy atom. The number of nitrogens with two attached hydrogens (primary N) is 1. The fraction of sp³-hybridized carbons (Fsp3) is 0.267. The highest BCUT2D eigenvalue weighted by Crippen LogP contribution is 2.36. The van der Waals surface area contributed by atoms with Crippen LogP contribution in [0.25, 0.3) is 11.0 Å². The first-order valence-electron chi connectivity index (χ1n) is 6.96. The first-order chi connectivity index (χ1) is 11.2. The lowest BCUT2D eigenvalue weighted by atomic mass is 10.2. The smallest absolute Gasteiger partial charge is 0.433 e. The van der Waals surface area contributed by atoms with E-state index in [-0.39, 0.29) is 16.2 Å². The number of furan rings is 1. The Bertz CT molecular complexity index is 894. The molecule has 0 aliphatic carbocycles. The number of pyridine rings is 1. The molecule has 0 spiro atoms. The number of alkyl halides is 3. The van der Waals surface area contributed by atoms with Crippen LogP contribution in [0, 0.1) is 6.92 Å². The van der Waals surface area contributed by atoms with E-state index in [4.69, 9.17) is 10.2 Å². The number of rotatable bonds is 3. The van der Waals surface area contributed by atoms with Gasteiger partial charge in [0.2, 0.25) is 0 Å². The SMILES string of the molecule is Cc1coc2cnc([C@@H](C)Sc3nc(N)cc(C(F)(F)F)n3)cc12. The van der Waals surface area contributed by atoms with Crippen molar-refractivity contribution in [1.29, 1.82) is 0 Å². The molecule has 3 rings (SSSR count). The van der Waals surface area contributed by atoms with Crippen molar-refractivity contribution in [3.63, 3.8) is 0 Å². The Balaban J connectivity index is 1.89. The number of hydrogen-bond acceptors (Lipinski definition) is 6. The van der Waals surface area contributed by atoms with Gasteiger partial charge in [0.05, 0.1) is 23.4 Å². The fourth-order valence-corrected chi connectivity index (χ4v) is 3.03. The van der Waals surface area contributed by atoms with E-state index in [1.165, 1.54) is 0 Å². The summed E-state index contributed by atoms with van der Waals surface area (Å²) in [4.78, 5) is 11.7. The van der Waals surface area contributed by atoms with Crippen LogP contribution in [0.15, 0.2) is 34.2 Å². The second kappa shape index (κ2) is 5.97. The summed E-state index contributed by atoms with van der Waals surface area (Å²) in [5.41, 5.74) is 6.72. The number of nitrogen functional groups attached to an aromatic ring is 1. The van der Waals surface area contributed by atoms with Crippen LogP contribution < -0.4 is 5.73 Å². The van der Waals surface area contributed by atoms with Crippen molar-refractivity contribution < 1.29 is 17.6 Å². The van der Waals surface area contributed by atoms with Crippen LogP contribution >= 0.6 is 11.8 Å². The van der Waals surface area contributed by atoms with Gasteiger partial charge in [-0.25, -0.2) is 9.97 Å². The number of aromatic nitrogens is 3. The number of anilines is 1. The highest BCUT2D eigenvalue weighted by molar-refractivity contribution is 7.99. The molecular formula is C15H13F3N4OS. The van der Waals surface area contributed by atoms with Crippen LogP contribution in [0.1, 0.15) is 29.1 Å². The Kier molecular flexibility index (Phi) is 4.12. The van der Waals surface area contributed by atoms with E-state index in [1.807, 2.05) is 19.9 Å². The molecule has 0 saturated carbocycles. The third kappa shape index (κ3) is 3.30. The van der Waals surface area contributed by atoms with Gasteiger partial charge in [0.1, 0.15) is 5.82 Å². The van der Waals surface area contributed by atoms with Crippen LogP contribution in [0.5, 0.6) is 0 Å². The van der Waals surface area contributed by atoms with Gasteiger partial charge in [-0.05, 0) is 25.5 Å². The highest BCUT2D eigenvalue weighted by atomic mass is 32.2. The maximum absolute atomic E-state index is 12.8. The molecule has 0 saturated heterocycles. The number of hydrogen-bond donors (Lipinski definition) is 1. The molecule has 2 N–H and O–H groups in total. The lowest BCUT2D eigenvalue weighted by Gasteiger charge is -2.12. The third-order valence-electron chi connectivity index (χ3n) is 3.39. The lowest BCUT2D eigenvalue weighted by Crippen LogP contribution is -2.11. The molecular weight excluding hydrogens is 341 g/mol. The van der Waals surface area contributed by atoms with Gasteiger partial charge < -0.3 is 10.2 Å². The molecule has 3 heterocycles. The molecule has 3 aromatic heterocycles. The molecule has 0 unspecified atom stereocenters. The molecule has 0 fully saturated rings. The third-order valence-corrected chi connectivity index (χ3v) is 4.38. The van der Waals surface area contributed by atoms with Crippen molar-refractivity contribution in [1.82, 2.24) is 15.0 Å². The molecule has 0 aromatic carbocycles. The summed E-state index contributed by atoms with van der Waals surface area (Å²) >= 11 is 1.06. The summed E-state index contributed by atoms with van der Waals surface area (Å²) in [6.07, 6.45) is -1.35. The Labute approximate surface area is 139 Å². The second-order valence-electron chi connectivity index (χ2n) is 5.24. The van der Waals surface area contributed by atoms with Crippen LogP contribution in [0.3, 0.4) is 0 Å². The zero-order chi connectivity index (χ0) is 17.5. The quantitative estimate of drug-likeness (QED) is 0.555. The average Bonchev–Trinajstić information content (AvgIpc) is 2.86. The average molecular weight is 354 g/mol. The minimum Gasteiger partial charge on any atom is -0.462 e. The van der Waals surface area contributed by atoms with Crippen molar-refractivity contribution in [3.8, 4) is 0 Å². The van der Waals surface area contributed by atoms with Gasteiger partial charge in [-0.15, -0.1) is 0 Å². The first kappa shape index (κ1) is 16.6. The van der Waals surface area contributed by atoms with E-state index >= 15 is 0 Å². The number of thioether (sulfide) groups is 1. The van der Waals surface area contributed by atoms with Crippen molar-refractivity contribution in [2.24, 2.45) is 0 Å². The maximum Gasteiger partial charge on any atom is 0.433 e. The molecule has 0 bridgehead atoms. The normalized spacial score (nSPS) is 13.4. The van der Waals surface area contributed by atoms with Crippen molar-refractivity contribution in [2.45, 2.75) is 30.4 Å². The van der Waals surface area contributed by atoms with E-state index in [0.29, 0.717) is 17.3 Å². The zero-order valence-electron chi connectivity index (χ0n) is 12.8. The van der Waals surface area contributed by atoms with Gasteiger partial charge in [0.15, 0.2) is 16.4 Å². The largest absolute Gasteiger partial charge is 0.462 e. The van der Waals surface area contributed by atoms with Gasteiger partial charge >= 0.3 is 6.18 Å². The highest BCUT2D eigenvalue weighted by Gasteiger charge is 2.33. The minimum absolute atomic E-state index is 0.0411. The first-order valence-corrected chi connectivity index (χ1v) is 7.84. The lowest BCUT2D eigenvalue weighted by molar-refractivity contribution is -0.141. The summed E-state index contributed by atoms with van der Waals surface area (Å²) in [7, 11) is 0. The van der Waals surface area contributed by atoms with Crippen LogP contribution in [0.4, 0.5) is 19.0 Å². The molecule has 24 heavy (non-hydrogen) atoms. The predicted molar refractivity (Wildman–Crippen MR) is 84.5 cm³/mol. The van der Waals surface area contributed by atoms with E-state index in [9.17, 15) is 13.2 Å². The van der Waals surface area contributed by atoms with Crippen LogP contribution in [0.2, 0.25) is 0 Å². The number of aryl methyl sites for hydroxylation is 1. The molecule has 0 aliphatic rings. The van der Waals surface area contributed by atoms with Crippen molar-refractivity contribution in [2.75, 3.05) is 5.73 Å². The van der Waals surface area contributed by atoms with E-state index in [1.54, 1.807) is 12.5 Å². The summed E-state index contributed by atoms with van der Waals surface area (Å²) in [5, 5.41) is 0.615. The van der Waals surface area contributed by atoms with Gasteiger partial charge in [0.25, 0.3) is 0 Å². The topological polar surface area (TPSA) is 77.8 Å². The van der Waals surface area contributed by atoms with E-state index in [0.717, 1.165) is 22.7 Å². The monoisotopic (exact) mass is 354 g/mol. The minimum atomic E-state index is -4.57. The Morgan fingerprint density at radius 3 is 2.71 bits per heavy atom. The molecule has 1 atom stereocenters. The second-order valence-corrected chi connectivity index (χ2v) is 6.55. The maximum atomic E-state index is 12.8. The van der Waals surface area contributed by atoms with Gasteiger partial charge in [-0.1, -0.05) is 11.8 Å². The molecule has 5 nitrogen and oxygen atoms in total. The molecule has 0 radical (unpaired) electrons. The molecule has 0 aliphatic heterocycles. The predicted octanol–water partition coefficient (Wildman–Crippen LogP) is 4.38. The van der Waals surface area contributed by atoms with Gasteiger partial charge in [-0.2, -0.15) is 13.2 Å². The number of fused-ring (bicyclic) bond motifs is 1. The van der Waals surface area contributed by atoms with Crippen molar-refractivity contribution in [3.05, 3.63) is 41.5 Å².